The second-order valence-corrected chi connectivity index (χ2v) is 2.91. The minimum absolute atomic E-state index is 0.951. The maximum Gasteiger partial charge on any atom is 0.138 e. The van der Waals surface area contributed by atoms with E-state index in [1.165, 1.54) is 11.5 Å². The fourth-order valence-corrected chi connectivity index (χ4v) is 1.68. The van der Waals surface area contributed by atoms with E-state index in [-0.39, 0.29) is 0 Å². The highest BCUT2D eigenvalue weighted by Gasteiger charge is 1.98. The van der Waals surface area contributed by atoms with Gasteiger partial charge >= 0.3 is 0 Å². The Morgan fingerprint density at radius 3 is 3.11 bits per heavy atom. The topological polar surface area (TPSA) is 36.7 Å². The first kappa shape index (κ1) is 6.59. The normalized spacial score (nSPS) is 8.89. The SMILES string of the molecule is Cc1nscc1SC#N. The molecule has 46 valence electrons. The van der Waals surface area contributed by atoms with Gasteiger partial charge in [-0.1, -0.05) is 0 Å². The van der Waals surface area contributed by atoms with Gasteiger partial charge in [0.2, 0.25) is 0 Å². The van der Waals surface area contributed by atoms with Crippen LogP contribution in [0.1, 0.15) is 5.69 Å². The molecule has 0 bridgehead atoms. The summed E-state index contributed by atoms with van der Waals surface area (Å²) in [6.45, 7) is 1.90. The zero-order valence-corrected chi connectivity index (χ0v) is 6.42. The summed E-state index contributed by atoms with van der Waals surface area (Å²) in [7, 11) is 0. The van der Waals surface area contributed by atoms with E-state index in [1.54, 1.807) is 0 Å². The standard InChI is InChI=1S/C5H4N2S2/c1-4-5(8-3-6)2-9-7-4/h2H,1H3. The van der Waals surface area contributed by atoms with Crippen molar-refractivity contribution in [3.8, 4) is 5.40 Å². The zero-order chi connectivity index (χ0) is 6.69. The maximum atomic E-state index is 8.25. The van der Waals surface area contributed by atoms with E-state index >= 15 is 0 Å². The average molecular weight is 156 g/mol. The van der Waals surface area contributed by atoms with Gasteiger partial charge in [0.25, 0.3) is 0 Å². The molecule has 1 rings (SSSR count). The molecule has 0 aliphatic rings. The minimum atomic E-state index is 0.951. The molecular weight excluding hydrogens is 152 g/mol. The largest absolute Gasteiger partial charge is 0.197 e. The van der Waals surface area contributed by atoms with E-state index in [2.05, 4.69) is 4.37 Å². The van der Waals surface area contributed by atoms with Gasteiger partial charge in [0.1, 0.15) is 5.40 Å². The quantitative estimate of drug-likeness (QED) is 0.461. The molecular formula is C5H4N2S2. The molecule has 1 aromatic heterocycles. The highest BCUT2D eigenvalue weighted by atomic mass is 32.2. The summed E-state index contributed by atoms with van der Waals surface area (Å²) in [5, 5.41) is 12.1. The molecule has 0 radical (unpaired) electrons. The number of hydrogen-bond donors (Lipinski definition) is 0. The Morgan fingerprint density at radius 1 is 1.89 bits per heavy atom. The second-order valence-electron chi connectivity index (χ2n) is 1.46. The highest BCUT2D eigenvalue weighted by Crippen LogP contribution is 2.21. The lowest BCUT2D eigenvalue weighted by Gasteiger charge is -1.82. The Balaban J connectivity index is 2.84. The van der Waals surface area contributed by atoms with Crippen LogP contribution in [0.15, 0.2) is 10.3 Å². The van der Waals surface area contributed by atoms with Gasteiger partial charge in [-0.15, -0.1) is 0 Å². The number of thiocyanates is 1. The predicted octanol–water partition coefficient (Wildman–Crippen LogP) is 2.02. The maximum absolute atomic E-state index is 8.25. The monoisotopic (exact) mass is 156 g/mol. The van der Waals surface area contributed by atoms with Gasteiger partial charge in [-0.25, -0.2) is 0 Å². The van der Waals surface area contributed by atoms with Crippen LogP contribution in [0.25, 0.3) is 0 Å². The smallest absolute Gasteiger partial charge is 0.138 e. The Bertz CT molecular complexity index is 235. The molecule has 0 fully saturated rings. The lowest BCUT2D eigenvalue weighted by atomic mass is 10.5. The van der Waals surface area contributed by atoms with Crippen LogP contribution in [0.5, 0.6) is 0 Å². The molecule has 1 heterocycles. The summed E-state index contributed by atoms with van der Waals surface area (Å²) in [5.41, 5.74) is 0.951. The van der Waals surface area contributed by atoms with Crippen LogP contribution < -0.4 is 0 Å². The third-order valence-corrected chi connectivity index (χ3v) is 2.46. The molecule has 2 nitrogen and oxygen atoms in total. The number of nitrogens with zero attached hydrogens (tertiary/aromatic N) is 2. The minimum Gasteiger partial charge on any atom is -0.197 e. The first-order chi connectivity index (χ1) is 4.34. The predicted molar refractivity (Wildman–Crippen MR) is 38.3 cm³/mol. The van der Waals surface area contributed by atoms with Crippen LogP contribution in [0.2, 0.25) is 0 Å². The van der Waals surface area contributed by atoms with E-state index in [0.29, 0.717) is 0 Å². The van der Waals surface area contributed by atoms with Gasteiger partial charge in [-0.3, -0.25) is 0 Å². The summed E-state index contributed by atoms with van der Waals surface area (Å²) >= 11 is 2.55. The molecule has 0 N–H and O–H groups in total. The van der Waals surface area contributed by atoms with Crippen molar-refractivity contribution in [2.45, 2.75) is 11.8 Å². The van der Waals surface area contributed by atoms with Gasteiger partial charge in [0, 0.05) is 5.38 Å². The number of nitriles is 1. The summed E-state index contributed by atoms with van der Waals surface area (Å²) in [5.74, 6) is 0. The third-order valence-electron chi connectivity index (χ3n) is 0.862. The number of rotatable bonds is 1. The molecule has 9 heavy (non-hydrogen) atoms. The van der Waals surface area contributed by atoms with Gasteiger partial charge in [-0.2, -0.15) is 9.64 Å². The fraction of sp³-hybridized carbons (Fsp3) is 0.200. The average Bonchev–Trinajstić information content (AvgIpc) is 2.18. The van der Waals surface area contributed by atoms with Crippen LogP contribution in [-0.4, -0.2) is 4.37 Å². The number of aryl methyl sites for hydroxylation is 1. The molecule has 4 heteroatoms. The molecule has 0 atom stereocenters. The first-order valence-corrected chi connectivity index (χ1v) is 3.97. The molecule has 0 unspecified atom stereocenters. The molecule has 1 aromatic rings. The van der Waals surface area contributed by atoms with Crippen molar-refractivity contribution in [3.63, 3.8) is 0 Å². The van der Waals surface area contributed by atoms with Crippen molar-refractivity contribution in [2.24, 2.45) is 0 Å². The molecule has 0 aromatic carbocycles. The lowest BCUT2D eigenvalue weighted by Crippen LogP contribution is -1.68. The van der Waals surface area contributed by atoms with Crippen LogP contribution >= 0.6 is 23.3 Å². The van der Waals surface area contributed by atoms with Gasteiger partial charge in [-0.05, 0) is 30.2 Å². The third kappa shape index (κ3) is 1.44. The summed E-state index contributed by atoms with van der Waals surface area (Å²) in [4.78, 5) is 0.975. The molecule has 0 saturated carbocycles. The molecule has 0 aliphatic heterocycles. The van der Waals surface area contributed by atoms with Crippen molar-refractivity contribution in [1.82, 2.24) is 4.37 Å². The van der Waals surface area contributed by atoms with E-state index in [0.717, 1.165) is 22.4 Å². The van der Waals surface area contributed by atoms with Crippen molar-refractivity contribution in [2.75, 3.05) is 0 Å². The Kier molecular flexibility index (Phi) is 2.09. The second kappa shape index (κ2) is 2.85. The van der Waals surface area contributed by atoms with Gasteiger partial charge < -0.3 is 0 Å². The zero-order valence-electron chi connectivity index (χ0n) is 4.79. The van der Waals surface area contributed by atoms with Crippen LogP contribution in [0.3, 0.4) is 0 Å². The molecule has 0 amide bonds. The van der Waals surface area contributed by atoms with E-state index < -0.39 is 0 Å². The fourth-order valence-electron chi connectivity index (χ4n) is 0.431. The Labute approximate surface area is 61.7 Å². The number of aromatic nitrogens is 1. The summed E-state index contributed by atoms with van der Waals surface area (Å²) in [6.07, 6.45) is 0. The summed E-state index contributed by atoms with van der Waals surface area (Å²) < 4.78 is 4.00. The van der Waals surface area contributed by atoms with Crippen LogP contribution in [0.4, 0.5) is 0 Å². The van der Waals surface area contributed by atoms with E-state index in [4.69, 9.17) is 5.26 Å². The van der Waals surface area contributed by atoms with E-state index in [1.807, 2.05) is 17.7 Å². The van der Waals surface area contributed by atoms with E-state index in [9.17, 15) is 0 Å². The van der Waals surface area contributed by atoms with Crippen LogP contribution in [-0.2, 0) is 0 Å². The van der Waals surface area contributed by atoms with Gasteiger partial charge in [0.05, 0.1) is 10.6 Å². The molecule has 0 spiro atoms. The summed E-state index contributed by atoms with van der Waals surface area (Å²) in [6, 6.07) is 0. The van der Waals surface area contributed by atoms with Crippen LogP contribution in [0, 0.1) is 17.6 Å². The number of thioether (sulfide) groups is 1. The molecule has 0 aliphatic carbocycles. The van der Waals surface area contributed by atoms with Crippen molar-refractivity contribution in [3.05, 3.63) is 11.1 Å². The van der Waals surface area contributed by atoms with Crippen molar-refractivity contribution in [1.29, 1.82) is 5.26 Å². The molecule has 0 saturated heterocycles. The highest BCUT2D eigenvalue weighted by molar-refractivity contribution is 8.03. The first-order valence-electron chi connectivity index (χ1n) is 2.31. The van der Waals surface area contributed by atoms with Gasteiger partial charge in [0.15, 0.2) is 0 Å². The Morgan fingerprint density at radius 2 is 2.67 bits per heavy atom. The van der Waals surface area contributed by atoms with Crippen molar-refractivity contribution >= 4 is 23.3 Å². The lowest BCUT2D eigenvalue weighted by molar-refractivity contribution is 1.25. The Hall–Kier alpha value is -0.530. The number of hydrogen-bond acceptors (Lipinski definition) is 4. The van der Waals surface area contributed by atoms with Crippen molar-refractivity contribution < 1.29 is 0 Å².